The van der Waals surface area contributed by atoms with E-state index >= 15 is 0 Å². The van der Waals surface area contributed by atoms with E-state index in [-0.39, 0.29) is 10.1 Å². The lowest BCUT2D eigenvalue weighted by Crippen LogP contribution is -2.19. The zero-order chi connectivity index (χ0) is 21.4. The lowest BCUT2D eigenvalue weighted by atomic mass is 10.2. The van der Waals surface area contributed by atoms with Gasteiger partial charge in [0.1, 0.15) is 0 Å². The number of amidine groups is 1. The van der Waals surface area contributed by atoms with Crippen LogP contribution in [-0.4, -0.2) is 43.6 Å². The van der Waals surface area contributed by atoms with E-state index in [9.17, 15) is 9.59 Å². The van der Waals surface area contributed by atoms with Gasteiger partial charge in [0.05, 0.1) is 35.9 Å². The maximum atomic E-state index is 11.8. The van der Waals surface area contributed by atoms with E-state index in [1.807, 2.05) is 13.8 Å². The number of carbonyl (C=O) groups excluding carboxylic acids is 2. The fourth-order valence-corrected chi connectivity index (χ4v) is 3.76. The van der Waals surface area contributed by atoms with Gasteiger partial charge in [0.15, 0.2) is 16.7 Å². The van der Waals surface area contributed by atoms with Crippen LogP contribution in [0.25, 0.3) is 0 Å². The minimum Gasteiger partial charge on any atom is -0.490 e. The minimum absolute atomic E-state index is 0.186. The number of ether oxygens (including phenoxy) is 3. The largest absolute Gasteiger partial charge is 0.490 e. The number of nitrogens with one attached hydrogen (secondary N) is 1. The first-order chi connectivity index (χ1) is 13.9. The molecule has 0 radical (unpaired) electrons. The Balaban J connectivity index is 2.24. The Morgan fingerprint density at radius 2 is 2.03 bits per heavy atom. The molecule has 11 heteroatoms. The van der Waals surface area contributed by atoms with Crippen molar-refractivity contribution in [2.24, 2.45) is 10.2 Å². The first-order valence-corrected chi connectivity index (χ1v) is 11.0. The molecule has 0 saturated carbocycles. The Kier molecular flexibility index (Phi) is 9.18. The summed E-state index contributed by atoms with van der Waals surface area (Å²) in [7, 11) is 1.24. The van der Waals surface area contributed by atoms with Crippen molar-refractivity contribution >= 4 is 66.9 Å². The molecule has 1 heterocycles. The summed E-state index contributed by atoms with van der Waals surface area (Å²) in [5.74, 6) is 0.140. The molecule has 156 valence electrons. The van der Waals surface area contributed by atoms with Gasteiger partial charge in [0, 0.05) is 16.1 Å². The molecule has 1 aliphatic heterocycles. The minimum atomic E-state index is -0.616. The van der Waals surface area contributed by atoms with E-state index in [2.05, 4.69) is 52.1 Å². The Morgan fingerprint density at radius 1 is 1.28 bits per heavy atom. The molecule has 2 rings (SSSR count). The first-order valence-electron chi connectivity index (χ1n) is 8.58. The van der Waals surface area contributed by atoms with Gasteiger partial charge in [-0.05, 0) is 63.0 Å². The molecule has 1 fully saturated rings. The summed E-state index contributed by atoms with van der Waals surface area (Å²) in [6, 6.07) is 1.79. The predicted molar refractivity (Wildman–Crippen MR) is 120 cm³/mol. The van der Waals surface area contributed by atoms with Crippen LogP contribution in [0.1, 0.15) is 25.8 Å². The van der Waals surface area contributed by atoms with E-state index in [0.29, 0.717) is 34.7 Å². The Hall–Kier alpha value is -1.85. The summed E-state index contributed by atoms with van der Waals surface area (Å²) >= 11 is 8.04. The highest BCUT2D eigenvalue weighted by Gasteiger charge is 2.25. The highest BCUT2D eigenvalue weighted by molar-refractivity contribution is 9.13. The molecule has 0 bridgehead atoms. The predicted octanol–water partition coefficient (Wildman–Crippen LogP) is 4.01. The maximum Gasteiger partial charge on any atom is 0.331 e. The molecule has 0 aromatic heterocycles. The highest BCUT2D eigenvalue weighted by Crippen LogP contribution is 2.42. The second-order valence-electron chi connectivity index (χ2n) is 5.44. The summed E-state index contributed by atoms with van der Waals surface area (Å²) in [6.45, 7) is 4.95. The number of rotatable bonds is 8. The van der Waals surface area contributed by atoms with Crippen LogP contribution in [0.4, 0.5) is 0 Å². The van der Waals surface area contributed by atoms with Crippen LogP contribution in [0.15, 0.2) is 36.2 Å². The highest BCUT2D eigenvalue weighted by atomic mass is 79.9. The fourth-order valence-electron chi connectivity index (χ4n) is 2.08. The zero-order valence-corrected chi connectivity index (χ0v) is 19.9. The average molecular weight is 549 g/mol. The van der Waals surface area contributed by atoms with Crippen LogP contribution >= 0.6 is 43.6 Å². The SMILES string of the molecule is CCCOc1c(OCC)cc(C=N/N=C2/NC(=O)/C(=C\C(=O)OC)S2)c(Br)c1Br. The number of halogens is 2. The van der Waals surface area contributed by atoms with Crippen molar-refractivity contribution < 1.29 is 23.8 Å². The first kappa shape index (κ1) is 23.4. The standard InChI is InChI=1S/C18H19Br2N3O5S/c1-4-6-28-16-11(27-5-2)7-10(14(19)15(16)20)9-21-23-18-22-17(25)12(29-18)8-13(24)26-3/h7-9H,4-6H2,1-3H3,(H,22,23,25)/b12-8+,21-9?. The Labute approximate surface area is 189 Å². The van der Waals surface area contributed by atoms with Crippen LogP contribution in [-0.2, 0) is 14.3 Å². The number of benzene rings is 1. The maximum absolute atomic E-state index is 11.8. The van der Waals surface area contributed by atoms with Gasteiger partial charge in [0.2, 0.25) is 0 Å². The van der Waals surface area contributed by atoms with Crippen LogP contribution in [0.3, 0.4) is 0 Å². The van der Waals surface area contributed by atoms with Gasteiger partial charge in [-0.2, -0.15) is 5.10 Å². The molecule has 1 N–H and O–H groups in total. The lowest BCUT2D eigenvalue weighted by molar-refractivity contribution is -0.135. The Bertz CT molecular complexity index is 887. The molecular formula is C18H19Br2N3O5S. The molecule has 1 aromatic carbocycles. The summed E-state index contributed by atoms with van der Waals surface area (Å²) < 4.78 is 17.4. The monoisotopic (exact) mass is 547 g/mol. The van der Waals surface area contributed by atoms with Gasteiger partial charge < -0.3 is 14.2 Å². The number of methoxy groups -OCH3 is 1. The average Bonchev–Trinajstić information content (AvgIpc) is 3.04. The number of hydrogen-bond donors (Lipinski definition) is 1. The van der Waals surface area contributed by atoms with Crippen LogP contribution in [0, 0.1) is 0 Å². The van der Waals surface area contributed by atoms with Crippen LogP contribution < -0.4 is 14.8 Å². The molecule has 8 nitrogen and oxygen atoms in total. The van der Waals surface area contributed by atoms with Crippen molar-refractivity contribution in [3.63, 3.8) is 0 Å². The third-order valence-electron chi connectivity index (χ3n) is 3.35. The van der Waals surface area contributed by atoms with Crippen LogP contribution in [0.5, 0.6) is 11.5 Å². The number of hydrogen-bond acceptors (Lipinski definition) is 8. The molecule has 0 spiro atoms. The number of carbonyl (C=O) groups is 2. The molecule has 1 aliphatic rings. The summed E-state index contributed by atoms with van der Waals surface area (Å²) in [6.07, 6.45) is 3.48. The van der Waals surface area contributed by atoms with Crippen molar-refractivity contribution in [1.82, 2.24) is 5.32 Å². The van der Waals surface area contributed by atoms with Gasteiger partial charge in [0.25, 0.3) is 5.91 Å². The molecule has 1 amide bonds. The Morgan fingerprint density at radius 3 is 2.69 bits per heavy atom. The van der Waals surface area contributed by atoms with Crippen molar-refractivity contribution in [3.8, 4) is 11.5 Å². The van der Waals surface area contributed by atoms with Crippen LogP contribution in [0.2, 0.25) is 0 Å². The molecule has 0 atom stereocenters. The molecular weight excluding hydrogens is 530 g/mol. The number of thioether (sulfide) groups is 1. The van der Waals surface area contributed by atoms with Crippen molar-refractivity contribution in [3.05, 3.63) is 31.6 Å². The van der Waals surface area contributed by atoms with E-state index < -0.39 is 11.9 Å². The topological polar surface area (TPSA) is 98.6 Å². The normalized spacial score (nSPS) is 16.5. The van der Waals surface area contributed by atoms with Gasteiger partial charge in [-0.3, -0.25) is 10.1 Å². The van der Waals surface area contributed by atoms with E-state index in [0.717, 1.165) is 28.7 Å². The number of esters is 1. The fraction of sp³-hybridized carbons (Fsp3) is 0.333. The number of nitrogens with zero attached hydrogens (tertiary/aromatic N) is 2. The molecule has 29 heavy (non-hydrogen) atoms. The van der Waals surface area contributed by atoms with Gasteiger partial charge in [-0.15, -0.1) is 5.10 Å². The molecule has 0 aliphatic carbocycles. The summed E-state index contributed by atoms with van der Waals surface area (Å²) in [5.41, 5.74) is 0.702. The van der Waals surface area contributed by atoms with Crippen molar-refractivity contribution in [2.75, 3.05) is 20.3 Å². The summed E-state index contributed by atoms with van der Waals surface area (Å²) in [5, 5.41) is 10.8. The zero-order valence-electron chi connectivity index (χ0n) is 16.0. The third-order valence-corrected chi connectivity index (χ3v) is 6.40. The molecule has 1 saturated heterocycles. The van der Waals surface area contributed by atoms with Crippen molar-refractivity contribution in [1.29, 1.82) is 0 Å². The van der Waals surface area contributed by atoms with Gasteiger partial charge in [-0.1, -0.05) is 6.92 Å². The summed E-state index contributed by atoms with van der Waals surface area (Å²) in [4.78, 5) is 23.3. The third kappa shape index (κ3) is 6.31. The molecule has 0 unspecified atom stereocenters. The molecule has 1 aromatic rings. The van der Waals surface area contributed by atoms with Gasteiger partial charge in [-0.25, -0.2) is 4.79 Å². The van der Waals surface area contributed by atoms with E-state index in [1.54, 1.807) is 6.07 Å². The second-order valence-corrected chi connectivity index (χ2v) is 8.06. The van der Waals surface area contributed by atoms with E-state index in [1.165, 1.54) is 13.3 Å². The number of amides is 1. The second kappa shape index (κ2) is 11.4. The van der Waals surface area contributed by atoms with Crippen molar-refractivity contribution in [2.45, 2.75) is 20.3 Å². The smallest absolute Gasteiger partial charge is 0.331 e. The van der Waals surface area contributed by atoms with Gasteiger partial charge >= 0.3 is 5.97 Å². The lowest BCUT2D eigenvalue weighted by Gasteiger charge is -2.15. The van der Waals surface area contributed by atoms with E-state index in [4.69, 9.17) is 9.47 Å². The quantitative estimate of drug-likeness (QED) is 0.228.